The zero-order valence-electron chi connectivity index (χ0n) is 10.8. The SMILES string of the molecule is CCCCN(C)S(=O)(=O)N1CCC(CO)CC1. The highest BCUT2D eigenvalue weighted by Gasteiger charge is 2.30. The first-order chi connectivity index (χ1) is 8.02. The maximum absolute atomic E-state index is 12.2. The van der Waals surface area contributed by atoms with Crippen LogP contribution in [0.15, 0.2) is 0 Å². The van der Waals surface area contributed by atoms with E-state index in [1.165, 1.54) is 8.61 Å². The summed E-state index contributed by atoms with van der Waals surface area (Å²) in [6.07, 6.45) is 3.41. The second kappa shape index (κ2) is 6.68. The molecule has 1 rings (SSSR count). The molecular weight excluding hydrogens is 240 g/mol. The number of unbranched alkanes of at least 4 members (excludes halogenated alkanes) is 1. The Morgan fingerprint density at radius 1 is 1.35 bits per heavy atom. The number of nitrogens with zero attached hydrogens (tertiary/aromatic N) is 2. The Hall–Kier alpha value is -0.170. The van der Waals surface area contributed by atoms with Crippen LogP contribution < -0.4 is 0 Å². The molecule has 1 heterocycles. The van der Waals surface area contributed by atoms with Crippen molar-refractivity contribution in [3.05, 3.63) is 0 Å². The average Bonchev–Trinajstić information content (AvgIpc) is 2.35. The molecule has 5 nitrogen and oxygen atoms in total. The van der Waals surface area contributed by atoms with Gasteiger partial charge in [-0.15, -0.1) is 0 Å². The van der Waals surface area contributed by atoms with Crippen LogP contribution in [0.4, 0.5) is 0 Å². The molecule has 0 bridgehead atoms. The number of hydrogen-bond acceptors (Lipinski definition) is 3. The maximum atomic E-state index is 12.2. The van der Waals surface area contributed by atoms with Crippen molar-refractivity contribution in [2.45, 2.75) is 32.6 Å². The Labute approximate surface area is 105 Å². The third kappa shape index (κ3) is 3.91. The van der Waals surface area contributed by atoms with Gasteiger partial charge in [-0.25, -0.2) is 0 Å². The highest BCUT2D eigenvalue weighted by molar-refractivity contribution is 7.86. The monoisotopic (exact) mass is 264 g/mol. The fourth-order valence-corrected chi connectivity index (χ4v) is 3.44. The molecule has 0 radical (unpaired) electrons. The lowest BCUT2D eigenvalue weighted by molar-refractivity contribution is 0.167. The van der Waals surface area contributed by atoms with Gasteiger partial charge < -0.3 is 5.11 Å². The summed E-state index contributed by atoms with van der Waals surface area (Å²) in [5, 5.41) is 9.03. The zero-order chi connectivity index (χ0) is 12.9. The van der Waals surface area contributed by atoms with Crippen LogP contribution in [-0.2, 0) is 10.2 Å². The van der Waals surface area contributed by atoms with E-state index in [4.69, 9.17) is 5.11 Å². The fourth-order valence-electron chi connectivity index (χ4n) is 2.02. The lowest BCUT2D eigenvalue weighted by atomic mass is 10.00. The molecule has 102 valence electrons. The molecule has 0 atom stereocenters. The van der Waals surface area contributed by atoms with Crippen LogP contribution in [0, 0.1) is 5.92 Å². The summed E-state index contributed by atoms with van der Waals surface area (Å²) in [4.78, 5) is 0. The lowest BCUT2D eigenvalue weighted by Crippen LogP contribution is -2.46. The first-order valence-electron chi connectivity index (χ1n) is 6.34. The van der Waals surface area contributed by atoms with Crippen LogP contribution >= 0.6 is 0 Å². The van der Waals surface area contributed by atoms with E-state index >= 15 is 0 Å². The van der Waals surface area contributed by atoms with Gasteiger partial charge in [0.15, 0.2) is 0 Å². The van der Waals surface area contributed by atoms with Crippen molar-refractivity contribution in [1.29, 1.82) is 0 Å². The van der Waals surface area contributed by atoms with Crippen molar-refractivity contribution in [3.63, 3.8) is 0 Å². The summed E-state index contributed by atoms with van der Waals surface area (Å²) in [5.41, 5.74) is 0. The lowest BCUT2D eigenvalue weighted by Gasteiger charge is -2.33. The molecule has 0 unspecified atom stereocenters. The van der Waals surface area contributed by atoms with Crippen molar-refractivity contribution in [1.82, 2.24) is 8.61 Å². The normalized spacial score (nSPS) is 20.0. The van der Waals surface area contributed by atoms with Gasteiger partial charge in [-0.2, -0.15) is 17.0 Å². The fraction of sp³-hybridized carbons (Fsp3) is 1.00. The van der Waals surface area contributed by atoms with Gasteiger partial charge in [0.25, 0.3) is 10.2 Å². The number of hydrogen-bond donors (Lipinski definition) is 1. The van der Waals surface area contributed by atoms with Gasteiger partial charge in [-0.3, -0.25) is 0 Å². The largest absolute Gasteiger partial charge is 0.396 e. The standard InChI is InChI=1S/C11H24N2O3S/c1-3-4-7-12(2)17(15,16)13-8-5-11(10-14)6-9-13/h11,14H,3-10H2,1-2H3. The van der Waals surface area contributed by atoms with Crippen molar-refractivity contribution in [2.24, 2.45) is 5.92 Å². The van der Waals surface area contributed by atoms with Crippen molar-refractivity contribution in [3.8, 4) is 0 Å². The molecule has 0 spiro atoms. The first-order valence-corrected chi connectivity index (χ1v) is 7.74. The van der Waals surface area contributed by atoms with E-state index in [0.29, 0.717) is 19.6 Å². The third-order valence-electron chi connectivity index (χ3n) is 3.38. The molecule has 17 heavy (non-hydrogen) atoms. The van der Waals surface area contributed by atoms with Gasteiger partial charge in [0.1, 0.15) is 0 Å². The van der Waals surface area contributed by atoms with Crippen molar-refractivity contribution < 1.29 is 13.5 Å². The second-order valence-corrected chi connectivity index (χ2v) is 6.74. The molecule has 1 aliphatic rings. The van der Waals surface area contributed by atoms with E-state index in [0.717, 1.165) is 25.7 Å². The van der Waals surface area contributed by atoms with E-state index in [9.17, 15) is 8.42 Å². The minimum atomic E-state index is -3.28. The number of aliphatic hydroxyl groups excluding tert-OH is 1. The Morgan fingerprint density at radius 3 is 2.41 bits per heavy atom. The molecule has 1 N–H and O–H groups in total. The molecule has 0 saturated carbocycles. The molecule has 0 aliphatic carbocycles. The molecule has 1 aliphatic heterocycles. The Balaban J connectivity index is 2.53. The average molecular weight is 264 g/mol. The molecule has 0 aromatic heterocycles. The molecule has 1 fully saturated rings. The van der Waals surface area contributed by atoms with Crippen molar-refractivity contribution in [2.75, 3.05) is 33.3 Å². The molecule has 0 aromatic carbocycles. The molecule has 0 amide bonds. The number of aliphatic hydroxyl groups is 1. The summed E-state index contributed by atoms with van der Waals surface area (Å²) in [5.74, 6) is 0.266. The highest BCUT2D eigenvalue weighted by atomic mass is 32.2. The summed E-state index contributed by atoms with van der Waals surface area (Å²) in [6.45, 7) is 3.86. The minimum absolute atomic E-state index is 0.166. The summed E-state index contributed by atoms with van der Waals surface area (Å²) >= 11 is 0. The van der Waals surface area contributed by atoms with Gasteiger partial charge >= 0.3 is 0 Å². The van der Waals surface area contributed by atoms with Crippen LogP contribution in [0.1, 0.15) is 32.6 Å². The van der Waals surface area contributed by atoms with Crippen LogP contribution in [0.5, 0.6) is 0 Å². The minimum Gasteiger partial charge on any atom is -0.396 e. The van der Waals surface area contributed by atoms with E-state index in [2.05, 4.69) is 0 Å². The molecular formula is C11H24N2O3S. The predicted molar refractivity (Wildman–Crippen MR) is 67.8 cm³/mol. The number of piperidine rings is 1. The van der Waals surface area contributed by atoms with E-state index in [1.54, 1.807) is 7.05 Å². The van der Waals surface area contributed by atoms with E-state index in [1.807, 2.05) is 6.92 Å². The van der Waals surface area contributed by atoms with Crippen LogP contribution in [0.25, 0.3) is 0 Å². The Morgan fingerprint density at radius 2 is 1.94 bits per heavy atom. The second-order valence-electron chi connectivity index (χ2n) is 4.71. The van der Waals surface area contributed by atoms with E-state index < -0.39 is 10.2 Å². The Kier molecular flexibility index (Phi) is 5.85. The number of rotatable bonds is 6. The quantitative estimate of drug-likeness (QED) is 0.767. The highest BCUT2D eigenvalue weighted by Crippen LogP contribution is 2.20. The topological polar surface area (TPSA) is 60.9 Å². The summed E-state index contributed by atoms with van der Waals surface area (Å²) in [6, 6.07) is 0. The van der Waals surface area contributed by atoms with Gasteiger partial charge in [0.2, 0.25) is 0 Å². The predicted octanol–water partition coefficient (Wildman–Crippen LogP) is 0.667. The zero-order valence-corrected chi connectivity index (χ0v) is 11.6. The first kappa shape index (κ1) is 14.9. The maximum Gasteiger partial charge on any atom is 0.281 e. The van der Waals surface area contributed by atoms with Crippen LogP contribution in [0.3, 0.4) is 0 Å². The van der Waals surface area contributed by atoms with Crippen molar-refractivity contribution >= 4 is 10.2 Å². The van der Waals surface area contributed by atoms with Gasteiger partial charge in [-0.1, -0.05) is 13.3 Å². The van der Waals surface area contributed by atoms with Gasteiger partial charge in [0, 0.05) is 33.3 Å². The van der Waals surface area contributed by atoms with Gasteiger partial charge in [0.05, 0.1) is 0 Å². The van der Waals surface area contributed by atoms with Crippen LogP contribution in [-0.4, -0.2) is 55.4 Å². The molecule has 6 heteroatoms. The Bertz CT molecular complexity index is 311. The van der Waals surface area contributed by atoms with E-state index in [-0.39, 0.29) is 12.5 Å². The third-order valence-corrected chi connectivity index (χ3v) is 5.37. The smallest absolute Gasteiger partial charge is 0.281 e. The summed E-state index contributed by atoms with van der Waals surface area (Å²) < 4.78 is 27.3. The molecule has 0 aromatic rings. The molecule has 1 saturated heterocycles. The van der Waals surface area contributed by atoms with Gasteiger partial charge in [-0.05, 0) is 25.2 Å². The van der Waals surface area contributed by atoms with Crippen LogP contribution in [0.2, 0.25) is 0 Å². The summed E-state index contributed by atoms with van der Waals surface area (Å²) in [7, 11) is -1.64.